The van der Waals surface area contributed by atoms with Crippen LogP contribution >= 0.6 is 11.8 Å². The molecule has 0 rings (SSSR count). The average molecular weight is 246 g/mol. The molecule has 0 spiro atoms. The third kappa shape index (κ3) is 6.77. The number of rotatable bonds is 9. The number of hydrogen-bond donors (Lipinski definition) is 1. The SMILES string of the molecule is CCNCC(C)(C)CN(C)C(CC)CSC. The molecule has 0 heterocycles. The van der Waals surface area contributed by atoms with E-state index in [1.165, 1.54) is 18.7 Å². The molecular weight excluding hydrogens is 216 g/mol. The van der Waals surface area contributed by atoms with Crippen molar-refractivity contribution in [1.82, 2.24) is 10.2 Å². The minimum absolute atomic E-state index is 0.358. The summed E-state index contributed by atoms with van der Waals surface area (Å²) in [5.74, 6) is 1.24. The lowest BCUT2D eigenvalue weighted by molar-refractivity contribution is 0.165. The van der Waals surface area contributed by atoms with Crippen molar-refractivity contribution in [3.8, 4) is 0 Å². The van der Waals surface area contributed by atoms with Gasteiger partial charge in [-0.25, -0.2) is 0 Å². The molecule has 0 radical (unpaired) electrons. The third-order valence-corrected chi connectivity index (χ3v) is 3.70. The molecule has 0 fully saturated rings. The maximum Gasteiger partial charge on any atom is 0.0180 e. The van der Waals surface area contributed by atoms with E-state index in [9.17, 15) is 0 Å². The second-order valence-corrected chi connectivity index (χ2v) is 6.29. The van der Waals surface area contributed by atoms with Crippen molar-refractivity contribution in [3.63, 3.8) is 0 Å². The maximum absolute atomic E-state index is 3.45. The van der Waals surface area contributed by atoms with Gasteiger partial charge in [-0.3, -0.25) is 0 Å². The summed E-state index contributed by atoms with van der Waals surface area (Å²) < 4.78 is 0. The van der Waals surface area contributed by atoms with E-state index in [1.807, 2.05) is 11.8 Å². The van der Waals surface area contributed by atoms with Crippen LogP contribution in [0.5, 0.6) is 0 Å². The van der Waals surface area contributed by atoms with E-state index >= 15 is 0 Å². The van der Waals surface area contributed by atoms with Gasteiger partial charge in [0, 0.05) is 24.9 Å². The molecule has 0 aromatic carbocycles. The molecule has 0 aliphatic carbocycles. The van der Waals surface area contributed by atoms with E-state index in [2.05, 4.69) is 51.2 Å². The minimum Gasteiger partial charge on any atom is -0.316 e. The topological polar surface area (TPSA) is 15.3 Å². The van der Waals surface area contributed by atoms with Crippen molar-refractivity contribution in [2.45, 2.75) is 40.2 Å². The smallest absolute Gasteiger partial charge is 0.0180 e. The van der Waals surface area contributed by atoms with Gasteiger partial charge >= 0.3 is 0 Å². The molecule has 1 unspecified atom stereocenters. The second-order valence-electron chi connectivity index (χ2n) is 5.38. The van der Waals surface area contributed by atoms with Crippen molar-refractivity contribution >= 4 is 11.8 Å². The summed E-state index contributed by atoms with van der Waals surface area (Å²) in [6.45, 7) is 12.5. The average Bonchev–Trinajstić information content (AvgIpc) is 2.22. The number of thioether (sulfide) groups is 1. The van der Waals surface area contributed by atoms with Gasteiger partial charge in [-0.05, 0) is 31.7 Å². The van der Waals surface area contributed by atoms with Crippen LogP contribution in [-0.2, 0) is 0 Å². The summed E-state index contributed by atoms with van der Waals surface area (Å²) in [5.41, 5.74) is 0.358. The largest absolute Gasteiger partial charge is 0.316 e. The Morgan fingerprint density at radius 1 is 1.31 bits per heavy atom. The highest BCUT2D eigenvalue weighted by atomic mass is 32.2. The van der Waals surface area contributed by atoms with Gasteiger partial charge in [0.05, 0.1) is 0 Å². The Morgan fingerprint density at radius 3 is 2.38 bits per heavy atom. The Morgan fingerprint density at radius 2 is 1.94 bits per heavy atom. The van der Waals surface area contributed by atoms with Gasteiger partial charge in [0.2, 0.25) is 0 Å². The molecule has 0 saturated carbocycles. The molecule has 0 aliphatic rings. The fraction of sp³-hybridized carbons (Fsp3) is 1.00. The molecule has 2 nitrogen and oxygen atoms in total. The van der Waals surface area contributed by atoms with E-state index in [-0.39, 0.29) is 0 Å². The van der Waals surface area contributed by atoms with Crippen LogP contribution < -0.4 is 5.32 Å². The van der Waals surface area contributed by atoms with Crippen LogP contribution in [0.15, 0.2) is 0 Å². The highest BCUT2D eigenvalue weighted by Crippen LogP contribution is 2.18. The normalized spacial score (nSPS) is 14.4. The number of hydrogen-bond acceptors (Lipinski definition) is 3. The van der Waals surface area contributed by atoms with Gasteiger partial charge < -0.3 is 10.2 Å². The van der Waals surface area contributed by atoms with Crippen molar-refractivity contribution in [2.75, 3.05) is 38.7 Å². The zero-order valence-corrected chi connectivity index (χ0v) is 12.8. The van der Waals surface area contributed by atoms with Gasteiger partial charge in [-0.2, -0.15) is 11.8 Å². The first kappa shape index (κ1) is 16.3. The number of nitrogens with zero attached hydrogens (tertiary/aromatic N) is 1. The molecular formula is C13H30N2S. The van der Waals surface area contributed by atoms with E-state index in [0.29, 0.717) is 5.41 Å². The first-order valence-electron chi connectivity index (χ1n) is 6.36. The second kappa shape index (κ2) is 8.37. The maximum atomic E-state index is 3.45. The quantitative estimate of drug-likeness (QED) is 0.673. The van der Waals surface area contributed by atoms with E-state index in [0.717, 1.165) is 19.1 Å². The fourth-order valence-corrected chi connectivity index (χ4v) is 2.95. The molecule has 98 valence electrons. The summed E-state index contributed by atoms with van der Waals surface area (Å²) in [6, 6.07) is 0.718. The molecule has 3 heteroatoms. The Hall–Kier alpha value is 0.270. The predicted molar refractivity (Wildman–Crippen MR) is 77.4 cm³/mol. The zero-order valence-electron chi connectivity index (χ0n) is 12.0. The van der Waals surface area contributed by atoms with Gasteiger partial charge in [0.25, 0.3) is 0 Å². The summed E-state index contributed by atoms with van der Waals surface area (Å²) in [7, 11) is 2.26. The van der Waals surface area contributed by atoms with E-state index in [4.69, 9.17) is 0 Å². The molecule has 16 heavy (non-hydrogen) atoms. The van der Waals surface area contributed by atoms with Crippen LogP contribution in [0.1, 0.15) is 34.1 Å². The Balaban J connectivity index is 4.12. The lowest BCUT2D eigenvalue weighted by Crippen LogP contribution is -2.43. The fourth-order valence-electron chi connectivity index (χ4n) is 2.07. The van der Waals surface area contributed by atoms with Gasteiger partial charge in [-0.1, -0.05) is 27.7 Å². The minimum atomic E-state index is 0.358. The summed E-state index contributed by atoms with van der Waals surface area (Å²) in [6.07, 6.45) is 3.44. The van der Waals surface area contributed by atoms with Crippen LogP contribution in [0.4, 0.5) is 0 Å². The Kier molecular flexibility index (Phi) is 8.52. The highest BCUT2D eigenvalue weighted by molar-refractivity contribution is 7.98. The van der Waals surface area contributed by atoms with Crippen LogP contribution in [-0.4, -0.2) is 49.6 Å². The van der Waals surface area contributed by atoms with E-state index in [1.54, 1.807) is 0 Å². The lowest BCUT2D eigenvalue weighted by atomic mass is 9.92. The molecule has 0 bridgehead atoms. The van der Waals surface area contributed by atoms with Gasteiger partial charge in [-0.15, -0.1) is 0 Å². The van der Waals surface area contributed by atoms with Crippen molar-refractivity contribution in [3.05, 3.63) is 0 Å². The summed E-state index contributed by atoms with van der Waals surface area (Å²) in [4.78, 5) is 2.52. The van der Waals surface area contributed by atoms with Crippen molar-refractivity contribution in [2.24, 2.45) is 5.41 Å². The first-order chi connectivity index (χ1) is 7.46. The predicted octanol–water partition coefficient (Wildman–Crippen LogP) is 2.70. The van der Waals surface area contributed by atoms with Crippen LogP contribution in [0.2, 0.25) is 0 Å². The molecule has 0 aromatic heterocycles. The Bertz CT molecular complexity index is 171. The van der Waals surface area contributed by atoms with Gasteiger partial charge in [0.1, 0.15) is 0 Å². The van der Waals surface area contributed by atoms with E-state index < -0.39 is 0 Å². The van der Waals surface area contributed by atoms with Crippen molar-refractivity contribution < 1.29 is 0 Å². The molecule has 0 aliphatic heterocycles. The third-order valence-electron chi connectivity index (χ3n) is 2.98. The lowest BCUT2D eigenvalue weighted by Gasteiger charge is -2.35. The summed E-state index contributed by atoms with van der Waals surface area (Å²) in [5, 5.41) is 3.45. The van der Waals surface area contributed by atoms with Crippen LogP contribution in [0.25, 0.3) is 0 Å². The highest BCUT2D eigenvalue weighted by Gasteiger charge is 2.22. The Labute approximate surface area is 107 Å². The van der Waals surface area contributed by atoms with Crippen LogP contribution in [0.3, 0.4) is 0 Å². The monoisotopic (exact) mass is 246 g/mol. The van der Waals surface area contributed by atoms with Gasteiger partial charge in [0.15, 0.2) is 0 Å². The summed E-state index contributed by atoms with van der Waals surface area (Å²) >= 11 is 1.95. The first-order valence-corrected chi connectivity index (χ1v) is 7.76. The van der Waals surface area contributed by atoms with Crippen LogP contribution in [0, 0.1) is 5.41 Å². The van der Waals surface area contributed by atoms with Crippen molar-refractivity contribution in [1.29, 1.82) is 0 Å². The number of nitrogens with one attached hydrogen (secondary N) is 1. The molecule has 0 saturated heterocycles. The molecule has 0 amide bonds. The standard InChI is InChI=1S/C13H30N2S/c1-7-12(9-16-6)15(5)11-13(3,4)10-14-8-2/h12,14H,7-11H2,1-6H3. The molecule has 1 N–H and O–H groups in total. The molecule has 1 atom stereocenters. The molecule has 0 aromatic rings. The zero-order chi connectivity index (χ0) is 12.6.